The Kier molecular flexibility index (Phi) is 4.82. The first-order valence-electron chi connectivity index (χ1n) is 10.5. The first-order chi connectivity index (χ1) is 15.0. The van der Waals surface area contributed by atoms with Crippen LogP contribution in [-0.4, -0.2) is 39.8 Å². The van der Waals surface area contributed by atoms with E-state index in [0.29, 0.717) is 23.3 Å². The number of carbonyl (C=O) groups is 1. The van der Waals surface area contributed by atoms with Crippen molar-refractivity contribution in [3.05, 3.63) is 59.2 Å². The van der Waals surface area contributed by atoms with Crippen molar-refractivity contribution in [2.45, 2.75) is 32.8 Å². The van der Waals surface area contributed by atoms with Crippen LogP contribution in [0.15, 0.2) is 42.5 Å². The molecule has 7 heteroatoms. The number of rotatable bonds is 4. The van der Waals surface area contributed by atoms with E-state index in [1.165, 1.54) is 0 Å². The van der Waals surface area contributed by atoms with Crippen molar-refractivity contribution in [3.8, 4) is 5.69 Å². The van der Waals surface area contributed by atoms with Crippen LogP contribution >= 0.6 is 0 Å². The van der Waals surface area contributed by atoms with Gasteiger partial charge in [0.1, 0.15) is 23.5 Å². The number of nitrogens with two attached hydrogens (primary N) is 1. The van der Waals surface area contributed by atoms with Crippen molar-refractivity contribution in [2.24, 2.45) is 0 Å². The summed E-state index contributed by atoms with van der Waals surface area (Å²) in [6.45, 7) is 4.93. The van der Waals surface area contributed by atoms with Crippen LogP contribution in [0.25, 0.3) is 27.9 Å². The zero-order chi connectivity index (χ0) is 21.5. The predicted molar refractivity (Wildman–Crippen MR) is 120 cm³/mol. The van der Waals surface area contributed by atoms with Gasteiger partial charge in [-0.05, 0) is 56.0 Å². The molecule has 1 aliphatic rings. The van der Waals surface area contributed by atoms with E-state index in [1.54, 1.807) is 4.57 Å². The predicted octanol–water partition coefficient (Wildman–Crippen LogP) is 4.11. The smallest absolute Gasteiger partial charge is 0.344 e. The molecule has 5 rings (SSSR count). The number of ether oxygens (including phenoxy) is 2. The molecule has 158 valence electrons. The van der Waals surface area contributed by atoms with Crippen LogP contribution in [0.2, 0.25) is 0 Å². The molecule has 0 spiro atoms. The Morgan fingerprint density at radius 3 is 2.71 bits per heavy atom. The molecule has 1 fully saturated rings. The van der Waals surface area contributed by atoms with Crippen LogP contribution in [0.5, 0.6) is 0 Å². The maximum atomic E-state index is 13.1. The van der Waals surface area contributed by atoms with Crippen LogP contribution in [0.3, 0.4) is 0 Å². The Balaban J connectivity index is 1.70. The number of aromatic nitrogens is 3. The van der Waals surface area contributed by atoms with Gasteiger partial charge in [0.05, 0.1) is 22.8 Å². The molecule has 0 bridgehead atoms. The quantitative estimate of drug-likeness (QED) is 0.504. The first kappa shape index (κ1) is 19.5. The highest BCUT2D eigenvalue weighted by Gasteiger charge is 2.27. The van der Waals surface area contributed by atoms with Gasteiger partial charge in [-0.3, -0.25) is 4.57 Å². The standard InChI is InChI=1S/C24H24N4O3/c1-14-9-10-15(2)19(12-14)28-22(25)20(24(29)31-13-16-6-5-11-30-16)21-23(28)27-18-8-4-3-7-17(18)26-21/h3-4,7-10,12,16H,5-6,11,13,25H2,1-2H3/t16-/m1/s1. The fraction of sp³-hybridized carbons (Fsp3) is 0.292. The molecule has 0 saturated carbocycles. The van der Waals surface area contributed by atoms with Gasteiger partial charge >= 0.3 is 5.97 Å². The van der Waals surface area contributed by atoms with E-state index >= 15 is 0 Å². The third-order valence-corrected chi connectivity index (χ3v) is 5.73. The second-order valence-corrected chi connectivity index (χ2v) is 8.00. The van der Waals surface area contributed by atoms with Gasteiger partial charge in [0.2, 0.25) is 0 Å². The zero-order valence-electron chi connectivity index (χ0n) is 17.6. The van der Waals surface area contributed by atoms with Crippen molar-refractivity contribution in [2.75, 3.05) is 18.9 Å². The summed E-state index contributed by atoms with van der Waals surface area (Å²) in [5.41, 5.74) is 12.2. The highest BCUT2D eigenvalue weighted by atomic mass is 16.6. The molecule has 4 aromatic rings. The number of anilines is 1. The van der Waals surface area contributed by atoms with Gasteiger partial charge in [-0.15, -0.1) is 0 Å². The first-order valence-corrected chi connectivity index (χ1v) is 10.5. The average molecular weight is 416 g/mol. The molecule has 2 aromatic carbocycles. The Hall–Kier alpha value is -3.45. The summed E-state index contributed by atoms with van der Waals surface area (Å²) in [6.07, 6.45) is 1.80. The summed E-state index contributed by atoms with van der Waals surface area (Å²) in [7, 11) is 0. The lowest BCUT2D eigenvalue weighted by Gasteiger charge is -2.12. The molecule has 1 saturated heterocycles. The molecule has 1 atom stereocenters. The van der Waals surface area contributed by atoms with E-state index in [1.807, 2.05) is 56.3 Å². The van der Waals surface area contributed by atoms with Gasteiger partial charge in [0, 0.05) is 6.61 Å². The minimum atomic E-state index is -0.508. The van der Waals surface area contributed by atoms with Crippen molar-refractivity contribution in [3.63, 3.8) is 0 Å². The fourth-order valence-corrected chi connectivity index (χ4v) is 4.08. The number of carbonyl (C=O) groups excluding carboxylic acids is 1. The third-order valence-electron chi connectivity index (χ3n) is 5.73. The third kappa shape index (κ3) is 3.41. The van der Waals surface area contributed by atoms with E-state index in [0.717, 1.165) is 35.2 Å². The van der Waals surface area contributed by atoms with Gasteiger partial charge in [-0.25, -0.2) is 14.8 Å². The van der Waals surface area contributed by atoms with Crippen LogP contribution in [-0.2, 0) is 9.47 Å². The molecule has 2 N–H and O–H groups in total. The Morgan fingerprint density at radius 2 is 1.97 bits per heavy atom. The van der Waals surface area contributed by atoms with Gasteiger partial charge in [-0.1, -0.05) is 24.3 Å². The molecule has 0 radical (unpaired) electrons. The average Bonchev–Trinajstić information content (AvgIpc) is 3.38. The monoisotopic (exact) mass is 416 g/mol. The minimum absolute atomic E-state index is 0.0653. The van der Waals surface area contributed by atoms with Gasteiger partial charge in [0.25, 0.3) is 0 Å². The van der Waals surface area contributed by atoms with E-state index in [2.05, 4.69) is 0 Å². The number of esters is 1. The summed E-state index contributed by atoms with van der Waals surface area (Å²) in [6, 6.07) is 13.7. The number of benzene rings is 2. The minimum Gasteiger partial charge on any atom is -0.459 e. The lowest BCUT2D eigenvalue weighted by Crippen LogP contribution is -2.18. The number of hydrogen-bond acceptors (Lipinski definition) is 6. The molecule has 0 unspecified atom stereocenters. The van der Waals surface area contributed by atoms with E-state index < -0.39 is 5.97 Å². The van der Waals surface area contributed by atoms with Crippen molar-refractivity contribution >= 4 is 34.0 Å². The second-order valence-electron chi connectivity index (χ2n) is 8.00. The van der Waals surface area contributed by atoms with Crippen molar-refractivity contribution in [1.82, 2.24) is 14.5 Å². The zero-order valence-corrected chi connectivity index (χ0v) is 17.6. The molecule has 31 heavy (non-hydrogen) atoms. The second kappa shape index (κ2) is 7.67. The lowest BCUT2D eigenvalue weighted by molar-refractivity contribution is 0.0163. The fourth-order valence-electron chi connectivity index (χ4n) is 4.08. The van der Waals surface area contributed by atoms with Gasteiger partial charge in [-0.2, -0.15) is 0 Å². The van der Waals surface area contributed by atoms with Crippen molar-refractivity contribution in [1.29, 1.82) is 0 Å². The number of nitrogen functional groups attached to an aromatic ring is 1. The van der Waals surface area contributed by atoms with Gasteiger partial charge in [0.15, 0.2) is 5.65 Å². The Bertz CT molecular complexity index is 1310. The number of hydrogen-bond donors (Lipinski definition) is 1. The molecular weight excluding hydrogens is 392 g/mol. The van der Waals surface area contributed by atoms with Crippen LogP contribution in [0.1, 0.15) is 34.3 Å². The van der Waals surface area contributed by atoms with Crippen LogP contribution in [0.4, 0.5) is 5.82 Å². The number of aryl methyl sites for hydroxylation is 2. The molecule has 3 heterocycles. The summed E-state index contributed by atoms with van der Waals surface area (Å²) in [5.74, 6) is -0.233. The summed E-state index contributed by atoms with van der Waals surface area (Å²) in [4.78, 5) is 22.7. The van der Waals surface area contributed by atoms with Gasteiger partial charge < -0.3 is 15.2 Å². The largest absolute Gasteiger partial charge is 0.459 e. The Morgan fingerprint density at radius 1 is 1.19 bits per heavy atom. The summed E-state index contributed by atoms with van der Waals surface area (Å²) in [5, 5.41) is 0. The van der Waals surface area contributed by atoms with Crippen molar-refractivity contribution < 1.29 is 14.3 Å². The molecule has 2 aromatic heterocycles. The van der Waals surface area contributed by atoms with Crippen LogP contribution in [0, 0.1) is 13.8 Å². The lowest BCUT2D eigenvalue weighted by atomic mass is 10.1. The highest BCUT2D eigenvalue weighted by Crippen LogP contribution is 2.33. The van der Waals surface area contributed by atoms with Crippen LogP contribution < -0.4 is 5.73 Å². The van der Waals surface area contributed by atoms with E-state index in [9.17, 15) is 4.79 Å². The summed E-state index contributed by atoms with van der Waals surface area (Å²) < 4.78 is 13.0. The molecule has 0 amide bonds. The van der Waals surface area contributed by atoms with E-state index in [4.69, 9.17) is 25.2 Å². The highest BCUT2D eigenvalue weighted by molar-refractivity contribution is 6.09. The molecule has 0 aliphatic carbocycles. The molecular formula is C24H24N4O3. The molecule has 1 aliphatic heterocycles. The topological polar surface area (TPSA) is 92.3 Å². The maximum absolute atomic E-state index is 13.1. The SMILES string of the molecule is Cc1ccc(C)c(-n2c(N)c(C(=O)OC[C@H]3CCCO3)c3nc4ccccc4nc32)c1. The number of fused-ring (bicyclic) bond motifs is 2. The maximum Gasteiger partial charge on any atom is 0.344 e. The van der Waals surface area contributed by atoms with E-state index in [-0.39, 0.29) is 24.1 Å². The number of nitrogens with zero attached hydrogens (tertiary/aromatic N) is 3. The summed E-state index contributed by atoms with van der Waals surface area (Å²) >= 11 is 0. The Labute approximate surface area is 179 Å². The normalized spacial score (nSPS) is 16.3. The molecule has 7 nitrogen and oxygen atoms in total. The number of para-hydroxylation sites is 2.